The molecule has 0 bridgehead atoms. The lowest BCUT2D eigenvalue weighted by Gasteiger charge is -2.15. The molecule has 5 heteroatoms. The van der Waals surface area contributed by atoms with Crippen LogP contribution in [0, 0.1) is 13.8 Å². The molecule has 0 aliphatic heterocycles. The summed E-state index contributed by atoms with van der Waals surface area (Å²) in [6.45, 7) is 8.20. The predicted molar refractivity (Wildman–Crippen MR) is 89.2 cm³/mol. The second-order valence-electron chi connectivity index (χ2n) is 5.55. The highest BCUT2D eigenvalue weighted by Gasteiger charge is 2.19. The summed E-state index contributed by atoms with van der Waals surface area (Å²) in [6.07, 6.45) is 0. The molecular weight excluding hydrogens is 282 g/mol. The number of thiocarbonyl (C=S) groups is 1. The van der Waals surface area contributed by atoms with Gasteiger partial charge in [-0.2, -0.15) is 5.10 Å². The van der Waals surface area contributed by atoms with Crippen LogP contribution < -0.4 is 10.5 Å². The molecule has 0 saturated heterocycles. The van der Waals surface area contributed by atoms with Gasteiger partial charge in [-0.05, 0) is 37.0 Å². The number of nitrogens with two attached hydrogens (primary N) is 1. The monoisotopic (exact) mass is 303 g/mol. The van der Waals surface area contributed by atoms with Crippen LogP contribution in [0.15, 0.2) is 18.2 Å². The maximum Gasteiger partial charge on any atom is 0.228 e. The third-order valence-electron chi connectivity index (χ3n) is 3.41. The van der Waals surface area contributed by atoms with E-state index < -0.39 is 0 Å². The fraction of sp³-hybridized carbons (Fsp3) is 0.375. The van der Waals surface area contributed by atoms with Gasteiger partial charge in [0.05, 0.1) is 11.3 Å². The summed E-state index contributed by atoms with van der Waals surface area (Å²) < 4.78 is 7.81. The average Bonchev–Trinajstić information content (AvgIpc) is 2.63. The Balaban J connectivity index is 2.53. The number of aromatic nitrogens is 2. The summed E-state index contributed by atoms with van der Waals surface area (Å²) in [7, 11) is 1.83. The molecule has 1 aromatic heterocycles. The SMILES string of the molecule is Cc1ccc(C(C)C)c(Oc2c(C(N)=S)c(C)nn2C)c1. The summed E-state index contributed by atoms with van der Waals surface area (Å²) in [5, 5.41) is 4.35. The van der Waals surface area contributed by atoms with Crippen molar-refractivity contribution < 1.29 is 4.74 Å². The molecule has 0 aliphatic carbocycles. The van der Waals surface area contributed by atoms with E-state index in [-0.39, 0.29) is 0 Å². The van der Waals surface area contributed by atoms with Crippen LogP contribution in [0.5, 0.6) is 11.6 Å². The Kier molecular flexibility index (Phi) is 4.32. The first-order chi connectivity index (χ1) is 9.81. The second kappa shape index (κ2) is 5.85. The van der Waals surface area contributed by atoms with E-state index in [1.54, 1.807) is 4.68 Å². The number of nitrogens with zero attached hydrogens (tertiary/aromatic N) is 2. The Morgan fingerprint density at radius 3 is 2.57 bits per heavy atom. The van der Waals surface area contributed by atoms with Gasteiger partial charge in [0.15, 0.2) is 0 Å². The minimum absolute atomic E-state index is 0.300. The van der Waals surface area contributed by atoms with Gasteiger partial charge < -0.3 is 10.5 Å². The van der Waals surface area contributed by atoms with Gasteiger partial charge >= 0.3 is 0 Å². The van der Waals surface area contributed by atoms with Gasteiger partial charge in [-0.25, -0.2) is 4.68 Å². The van der Waals surface area contributed by atoms with Crippen LogP contribution >= 0.6 is 12.2 Å². The van der Waals surface area contributed by atoms with Crippen molar-refractivity contribution in [1.29, 1.82) is 0 Å². The highest BCUT2D eigenvalue weighted by Crippen LogP contribution is 2.33. The van der Waals surface area contributed by atoms with Gasteiger partial charge in [-0.15, -0.1) is 0 Å². The highest BCUT2D eigenvalue weighted by atomic mass is 32.1. The molecule has 0 radical (unpaired) electrons. The Morgan fingerprint density at radius 2 is 2.00 bits per heavy atom. The van der Waals surface area contributed by atoms with E-state index in [0.717, 1.165) is 22.6 Å². The van der Waals surface area contributed by atoms with Gasteiger partial charge in [0.1, 0.15) is 10.7 Å². The van der Waals surface area contributed by atoms with E-state index in [0.29, 0.717) is 22.3 Å². The van der Waals surface area contributed by atoms with Crippen molar-refractivity contribution in [1.82, 2.24) is 9.78 Å². The molecule has 2 N–H and O–H groups in total. The number of hydrogen-bond donors (Lipinski definition) is 1. The third kappa shape index (κ3) is 3.08. The molecule has 0 atom stereocenters. The van der Waals surface area contributed by atoms with E-state index in [4.69, 9.17) is 22.7 Å². The molecule has 0 saturated carbocycles. The third-order valence-corrected chi connectivity index (χ3v) is 3.62. The fourth-order valence-electron chi connectivity index (χ4n) is 2.35. The summed E-state index contributed by atoms with van der Waals surface area (Å²) in [6, 6.07) is 6.21. The number of rotatable bonds is 4. The Morgan fingerprint density at radius 1 is 1.33 bits per heavy atom. The van der Waals surface area contributed by atoms with Gasteiger partial charge in [0.25, 0.3) is 0 Å². The van der Waals surface area contributed by atoms with Crippen molar-refractivity contribution >= 4 is 17.2 Å². The largest absolute Gasteiger partial charge is 0.438 e. The van der Waals surface area contributed by atoms with Crippen molar-refractivity contribution in [3.05, 3.63) is 40.6 Å². The molecule has 2 aromatic rings. The predicted octanol–water partition coefficient (Wildman–Crippen LogP) is 3.59. The lowest BCUT2D eigenvalue weighted by Crippen LogP contribution is -2.12. The number of hydrogen-bond acceptors (Lipinski definition) is 3. The molecule has 0 amide bonds. The summed E-state index contributed by atoms with van der Waals surface area (Å²) in [5.74, 6) is 1.78. The van der Waals surface area contributed by atoms with Crippen molar-refractivity contribution in [2.75, 3.05) is 0 Å². The fourth-order valence-corrected chi connectivity index (χ4v) is 2.58. The molecule has 0 fully saturated rings. The molecule has 4 nitrogen and oxygen atoms in total. The van der Waals surface area contributed by atoms with Crippen LogP contribution in [0.4, 0.5) is 0 Å². The lowest BCUT2D eigenvalue weighted by molar-refractivity contribution is 0.423. The zero-order chi connectivity index (χ0) is 15.7. The summed E-state index contributed by atoms with van der Waals surface area (Å²) >= 11 is 5.12. The maximum absolute atomic E-state index is 6.13. The number of benzene rings is 1. The first-order valence-electron chi connectivity index (χ1n) is 6.93. The molecular formula is C16H21N3OS. The number of ether oxygens (including phenoxy) is 1. The summed E-state index contributed by atoms with van der Waals surface area (Å²) in [5.41, 5.74) is 9.57. The molecule has 0 aliphatic rings. The van der Waals surface area contributed by atoms with Gasteiger partial charge in [-0.3, -0.25) is 0 Å². The quantitative estimate of drug-likeness (QED) is 0.877. The molecule has 21 heavy (non-hydrogen) atoms. The minimum atomic E-state index is 0.300. The van der Waals surface area contributed by atoms with Crippen molar-refractivity contribution in [2.45, 2.75) is 33.6 Å². The van der Waals surface area contributed by atoms with E-state index in [1.165, 1.54) is 0 Å². The van der Waals surface area contributed by atoms with Gasteiger partial charge in [-0.1, -0.05) is 38.2 Å². The van der Waals surface area contributed by atoms with Crippen LogP contribution in [0.1, 0.15) is 42.1 Å². The highest BCUT2D eigenvalue weighted by molar-refractivity contribution is 7.80. The molecule has 1 heterocycles. The van der Waals surface area contributed by atoms with Crippen LogP contribution in [-0.4, -0.2) is 14.8 Å². The molecule has 1 aromatic carbocycles. The zero-order valence-electron chi connectivity index (χ0n) is 13.1. The van der Waals surface area contributed by atoms with Crippen molar-refractivity contribution in [3.63, 3.8) is 0 Å². The van der Waals surface area contributed by atoms with Crippen molar-refractivity contribution in [3.8, 4) is 11.6 Å². The average molecular weight is 303 g/mol. The number of aryl methyl sites for hydroxylation is 3. The van der Waals surface area contributed by atoms with Crippen molar-refractivity contribution in [2.24, 2.45) is 12.8 Å². The normalized spacial score (nSPS) is 11.0. The minimum Gasteiger partial charge on any atom is -0.438 e. The first kappa shape index (κ1) is 15.5. The lowest BCUT2D eigenvalue weighted by atomic mass is 10.0. The Labute approximate surface area is 130 Å². The van der Waals surface area contributed by atoms with E-state index >= 15 is 0 Å². The Bertz CT molecular complexity index is 689. The van der Waals surface area contributed by atoms with E-state index in [2.05, 4.69) is 31.1 Å². The molecule has 112 valence electrons. The summed E-state index contributed by atoms with van der Waals surface area (Å²) in [4.78, 5) is 0.300. The second-order valence-corrected chi connectivity index (χ2v) is 5.99. The van der Waals surface area contributed by atoms with Crippen LogP contribution in [-0.2, 0) is 7.05 Å². The van der Waals surface area contributed by atoms with Crippen LogP contribution in [0.25, 0.3) is 0 Å². The molecule has 0 spiro atoms. The van der Waals surface area contributed by atoms with Crippen LogP contribution in [0.3, 0.4) is 0 Å². The van der Waals surface area contributed by atoms with Gasteiger partial charge in [0.2, 0.25) is 5.88 Å². The zero-order valence-corrected chi connectivity index (χ0v) is 13.9. The van der Waals surface area contributed by atoms with Gasteiger partial charge in [0, 0.05) is 7.05 Å². The first-order valence-corrected chi connectivity index (χ1v) is 7.34. The smallest absolute Gasteiger partial charge is 0.228 e. The van der Waals surface area contributed by atoms with Crippen LogP contribution in [0.2, 0.25) is 0 Å². The Hall–Kier alpha value is -1.88. The molecule has 2 rings (SSSR count). The topological polar surface area (TPSA) is 53.1 Å². The standard InChI is InChI=1S/C16H21N3OS/c1-9(2)12-7-6-10(3)8-13(12)20-16-14(15(17)21)11(4)18-19(16)5/h6-9H,1-5H3,(H2,17,21). The van der Waals surface area contributed by atoms with E-state index in [1.807, 2.05) is 27.0 Å². The van der Waals surface area contributed by atoms with E-state index in [9.17, 15) is 0 Å². The maximum atomic E-state index is 6.13. The molecule has 0 unspecified atom stereocenters.